The van der Waals surface area contributed by atoms with E-state index in [0.717, 1.165) is 6.08 Å². The molecule has 3 aliphatic rings. The Labute approximate surface area is 268 Å². The minimum Gasteiger partial charge on any atom is -0.507 e. The van der Waals surface area contributed by atoms with Crippen molar-refractivity contribution >= 4 is 23.3 Å². The maximum atomic E-state index is 13.7. The zero-order valence-corrected chi connectivity index (χ0v) is 27.4. The van der Waals surface area contributed by atoms with Gasteiger partial charge in [0.15, 0.2) is 11.6 Å². The van der Waals surface area contributed by atoms with E-state index in [1.165, 1.54) is 39.0 Å². The van der Waals surface area contributed by atoms with Crippen molar-refractivity contribution < 1.29 is 49.8 Å². The zero-order valence-electron chi connectivity index (χ0n) is 27.4. The molecule has 0 fully saturated rings. The number of aromatic hydroxyl groups is 2. The molecule has 0 spiro atoms. The number of benzene rings is 1. The summed E-state index contributed by atoms with van der Waals surface area (Å²) in [7, 11) is 0. The first-order chi connectivity index (χ1) is 21.3. The molecule has 0 unspecified atom stereocenters. The van der Waals surface area contributed by atoms with Crippen LogP contribution in [0.1, 0.15) is 85.1 Å². The number of carbonyl (C=O) groups is 4. The number of hydrogen-bond acceptors (Lipinski definition) is 10. The normalized spacial score (nSPS) is 35.0. The standard InChI is InChI=1S/C35H45NO10/c1-14-10-9-11-15(2)35(46)36-22-13-23(37)24-25(32(43)21(8)33(44)26(24)34(22)45)29(40)17(4)12-16(3)28(39)19(6)31(42)20(7)30(41)18(5)27(14)38/h9-14,16,18-20,27-28,30-31,38-39,41-44H,1-8H3,(H,36,46)/b10-9+,15-11+,17-12+/t14-,16-,18+,19+,20+,27-,28-,30+,31+/m0/s1. The van der Waals surface area contributed by atoms with Crippen molar-refractivity contribution in [3.63, 3.8) is 0 Å². The molecule has 0 saturated carbocycles. The number of aliphatic hydroxyl groups is 4. The molecule has 250 valence electrons. The highest BCUT2D eigenvalue weighted by Crippen LogP contribution is 2.41. The molecule has 4 bridgehead atoms. The van der Waals surface area contributed by atoms with Gasteiger partial charge in [-0.2, -0.15) is 0 Å². The number of phenols is 2. The average Bonchev–Trinajstić information content (AvgIpc) is 3.02. The molecule has 1 aliphatic carbocycles. The molecule has 1 aromatic carbocycles. The monoisotopic (exact) mass is 639 g/mol. The molecule has 0 saturated heterocycles. The number of rotatable bonds is 0. The Morgan fingerprint density at radius 1 is 0.630 bits per heavy atom. The Morgan fingerprint density at radius 2 is 1.11 bits per heavy atom. The van der Waals surface area contributed by atoms with E-state index in [-0.39, 0.29) is 16.7 Å². The van der Waals surface area contributed by atoms with Crippen LogP contribution in [0.25, 0.3) is 0 Å². The second-order valence-corrected chi connectivity index (χ2v) is 12.8. The van der Waals surface area contributed by atoms with Crippen LogP contribution < -0.4 is 5.32 Å². The first-order valence-electron chi connectivity index (χ1n) is 15.3. The average molecular weight is 640 g/mol. The zero-order chi connectivity index (χ0) is 34.9. The third-order valence-corrected chi connectivity index (χ3v) is 9.45. The molecule has 4 rings (SSSR count). The smallest absolute Gasteiger partial charge is 0.251 e. The van der Waals surface area contributed by atoms with Gasteiger partial charge in [-0.1, -0.05) is 58.9 Å². The third kappa shape index (κ3) is 6.92. The number of Topliss-reactive ketones (excluding diaryl/α,β-unsaturated/α-hetero) is 2. The number of carbonyl (C=O) groups excluding carboxylic acids is 4. The molecule has 1 amide bonds. The summed E-state index contributed by atoms with van der Waals surface area (Å²) in [4.78, 5) is 53.6. The molecule has 0 aromatic heterocycles. The van der Waals surface area contributed by atoms with Crippen molar-refractivity contribution in [3.05, 3.63) is 69.5 Å². The van der Waals surface area contributed by atoms with Crippen LogP contribution >= 0.6 is 0 Å². The summed E-state index contributed by atoms with van der Waals surface area (Å²) in [5, 5.41) is 68.4. The van der Waals surface area contributed by atoms with Gasteiger partial charge in [-0.3, -0.25) is 19.2 Å². The Hall–Kier alpha value is -3.90. The molecule has 0 radical (unpaired) electrons. The number of phenolic OH excluding ortho intramolecular Hbond substituents is 2. The fraction of sp³-hybridized carbons (Fsp3) is 0.486. The van der Waals surface area contributed by atoms with Crippen LogP contribution in [0.5, 0.6) is 11.5 Å². The van der Waals surface area contributed by atoms with Crippen molar-refractivity contribution in [1.82, 2.24) is 5.32 Å². The highest BCUT2D eigenvalue weighted by molar-refractivity contribution is 6.31. The molecule has 9 atom stereocenters. The van der Waals surface area contributed by atoms with E-state index >= 15 is 0 Å². The van der Waals surface area contributed by atoms with Crippen LogP contribution in [-0.2, 0) is 4.79 Å². The van der Waals surface area contributed by atoms with Crippen LogP contribution in [0.2, 0.25) is 0 Å². The lowest BCUT2D eigenvalue weighted by atomic mass is 9.77. The third-order valence-electron chi connectivity index (χ3n) is 9.45. The van der Waals surface area contributed by atoms with Crippen LogP contribution in [0, 0.1) is 36.5 Å². The summed E-state index contributed by atoms with van der Waals surface area (Å²) in [6.07, 6.45) is 2.23. The highest BCUT2D eigenvalue weighted by Gasteiger charge is 2.39. The minimum atomic E-state index is -1.21. The summed E-state index contributed by atoms with van der Waals surface area (Å²) in [5.74, 6) is -8.28. The minimum absolute atomic E-state index is 0.00428. The maximum absolute atomic E-state index is 13.7. The maximum Gasteiger partial charge on any atom is 0.251 e. The van der Waals surface area contributed by atoms with E-state index in [2.05, 4.69) is 5.32 Å². The predicted molar refractivity (Wildman–Crippen MR) is 170 cm³/mol. The second kappa shape index (κ2) is 14.3. The van der Waals surface area contributed by atoms with Crippen LogP contribution in [-0.4, -0.2) is 78.3 Å². The van der Waals surface area contributed by atoms with E-state index < -0.39 is 111 Å². The van der Waals surface area contributed by atoms with Gasteiger partial charge >= 0.3 is 0 Å². The van der Waals surface area contributed by atoms with E-state index in [1.54, 1.807) is 40.7 Å². The van der Waals surface area contributed by atoms with Crippen molar-refractivity contribution in [3.8, 4) is 11.5 Å². The van der Waals surface area contributed by atoms with E-state index in [4.69, 9.17) is 0 Å². The van der Waals surface area contributed by atoms with Gasteiger partial charge in [-0.15, -0.1) is 0 Å². The molecular weight excluding hydrogens is 594 g/mol. The molecule has 7 N–H and O–H groups in total. The van der Waals surface area contributed by atoms with Gasteiger partial charge in [0.25, 0.3) is 5.91 Å². The number of ketones is 3. The summed E-state index contributed by atoms with van der Waals surface area (Å²) < 4.78 is 0. The quantitative estimate of drug-likeness (QED) is 0.221. The fourth-order valence-corrected chi connectivity index (χ4v) is 6.11. The van der Waals surface area contributed by atoms with Crippen molar-refractivity contribution in [1.29, 1.82) is 0 Å². The number of hydrogen-bond donors (Lipinski definition) is 7. The molecule has 11 heteroatoms. The van der Waals surface area contributed by atoms with E-state index in [0.29, 0.717) is 0 Å². The van der Waals surface area contributed by atoms with Gasteiger partial charge in [0.1, 0.15) is 11.5 Å². The topological polar surface area (TPSA) is 202 Å². The van der Waals surface area contributed by atoms with Gasteiger partial charge in [-0.05, 0) is 26.3 Å². The van der Waals surface area contributed by atoms with Crippen molar-refractivity contribution in [2.45, 2.75) is 79.8 Å². The SMILES string of the molecule is C/C1=C\C=C\[C@H](C)[C@H](O)[C@@H](C)[C@@H](O)[C@@H](C)[C@H](O)[C@H](C)[C@@H](O)[C@@H](C)/C=C(\C)C(=O)c2c(O)c(C)c(O)c3c2C(=O)C=C(NC1=O)C3=O. The molecule has 2 aliphatic heterocycles. The van der Waals surface area contributed by atoms with Crippen LogP contribution in [0.15, 0.2) is 47.2 Å². The van der Waals surface area contributed by atoms with Gasteiger partial charge in [0.05, 0.1) is 46.8 Å². The Bertz CT molecular complexity index is 1550. The van der Waals surface area contributed by atoms with E-state index in [9.17, 15) is 49.8 Å². The van der Waals surface area contributed by atoms with Crippen molar-refractivity contribution in [2.24, 2.45) is 29.6 Å². The largest absolute Gasteiger partial charge is 0.507 e. The number of fused-ring (bicyclic) bond motifs is 15. The Kier molecular flexibility index (Phi) is 11.3. The molecule has 46 heavy (non-hydrogen) atoms. The number of amides is 1. The van der Waals surface area contributed by atoms with Gasteiger partial charge in [0.2, 0.25) is 5.78 Å². The van der Waals surface area contributed by atoms with Gasteiger partial charge in [-0.25, -0.2) is 0 Å². The lowest BCUT2D eigenvalue weighted by Gasteiger charge is -2.36. The molecule has 1 aromatic rings. The lowest BCUT2D eigenvalue weighted by molar-refractivity contribution is -0.116. The Morgan fingerprint density at radius 3 is 1.65 bits per heavy atom. The number of allylic oxidation sites excluding steroid dienone is 5. The lowest BCUT2D eigenvalue weighted by Crippen LogP contribution is -2.45. The fourth-order valence-electron chi connectivity index (χ4n) is 6.11. The van der Waals surface area contributed by atoms with Crippen molar-refractivity contribution in [2.75, 3.05) is 0 Å². The highest BCUT2D eigenvalue weighted by atomic mass is 16.3. The summed E-state index contributed by atoms with van der Waals surface area (Å²) in [6, 6.07) is 0. The number of nitrogens with one attached hydrogen (secondary N) is 1. The van der Waals surface area contributed by atoms with Gasteiger partial charge in [0, 0.05) is 46.8 Å². The predicted octanol–water partition coefficient (Wildman–Crippen LogP) is 3.05. The van der Waals surface area contributed by atoms with Gasteiger partial charge < -0.3 is 36.0 Å². The second-order valence-electron chi connectivity index (χ2n) is 12.8. The first-order valence-corrected chi connectivity index (χ1v) is 15.3. The molecule has 2 heterocycles. The molecular formula is C35H45NO10. The summed E-state index contributed by atoms with van der Waals surface area (Å²) >= 11 is 0. The number of aliphatic hydroxyl groups excluding tert-OH is 4. The van der Waals surface area contributed by atoms with Crippen LogP contribution in [0.4, 0.5) is 0 Å². The van der Waals surface area contributed by atoms with Crippen LogP contribution in [0.3, 0.4) is 0 Å². The molecule has 11 nitrogen and oxygen atoms in total. The summed E-state index contributed by atoms with van der Waals surface area (Å²) in [6.45, 7) is 12.3. The Balaban J connectivity index is 2.20. The summed E-state index contributed by atoms with van der Waals surface area (Å²) in [5.41, 5.74) is -2.08. The first kappa shape index (κ1) is 36.6. The van der Waals surface area contributed by atoms with E-state index in [1.807, 2.05) is 0 Å².